The molecular weight excluding hydrogens is 250 g/mol. The van der Waals surface area contributed by atoms with Gasteiger partial charge in [-0.3, -0.25) is 9.59 Å². The molecule has 100 valence electrons. The van der Waals surface area contributed by atoms with E-state index in [0.29, 0.717) is 18.9 Å². The molecule has 2 saturated carbocycles. The van der Waals surface area contributed by atoms with Gasteiger partial charge in [-0.15, -0.1) is 0 Å². The van der Waals surface area contributed by atoms with Crippen LogP contribution in [0.15, 0.2) is 0 Å². The maximum Gasteiger partial charge on any atom is 0.242 e. The molecule has 0 aromatic carbocycles. The lowest BCUT2D eigenvalue weighted by Crippen LogP contribution is -2.57. The second-order valence-corrected chi connectivity index (χ2v) is 5.72. The molecule has 2 rings (SSSR count). The Morgan fingerprint density at radius 1 is 1.39 bits per heavy atom. The van der Waals surface area contributed by atoms with E-state index in [1.807, 2.05) is 0 Å². The van der Waals surface area contributed by atoms with Crippen molar-refractivity contribution in [2.24, 2.45) is 11.1 Å². The number of carbonyl (C=O) groups is 2. The summed E-state index contributed by atoms with van der Waals surface area (Å²) in [6, 6.07) is -0.241. The molecule has 0 saturated heterocycles. The highest BCUT2D eigenvalue weighted by atomic mass is 32.1. The molecular formula is C12H19N3O2S. The maximum atomic E-state index is 12.1. The summed E-state index contributed by atoms with van der Waals surface area (Å²) in [4.78, 5) is 24.1. The lowest BCUT2D eigenvalue weighted by atomic mass is 9.68. The molecule has 0 aromatic heterocycles. The molecule has 6 heteroatoms. The Morgan fingerprint density at radius 2 is 2.00 bits per heavy atom. The van der Waals surface area contributed by atoms with Gasteiger partial charge in [0.05, 0.1) is 10.4 Å². The zero-order valence-corrected chi connectivity index (χ0v) is 11.3. The Kier molecular flexibility index (Phi) is 3.56. The standard InChI is InChI=1S/C12H19N3O2S/c1-7(9(16)15-8-3-4-8)14-11(17)12(10(13)18)5-2-6-12/h7-8H,2-6H2,1H3,(H2,13,18)(H,14,17)(H,15,16). The van der Waals surface area contributed by atoms with Crippen LogP contribution >= 0.6 is 12.2 Å². The molecule has 0 heterocycles. The number of nitrogens with one attached hydrogen (secondary N) is 2. The Bertz CT molecular complexity index is 389. The number of thiocarbonyl (C=S) groups is 1. The van der Waals surface area contributed by atoms with Crippen molar-refractivity contribution in [3.63, 3.8) is 0 Å². The summed E-state index contributed by atoms with van der Waals surface area (Å²) in [6.07, 6.45) is 4.39. The average molecular weight is 269 g/mol. The second kappa shape index (κ2) is 4.84. The Labute approximate surface area is 112 Å². The van der Waals surface area contributed by atoms with Crippen molar-refractivity contribution in [1.29, 1.82) is 0 Å². The second-order valence-electron chi connectivity index (χ2n) is 5.28. The minimum atomic E-state index is -0.719. The van der Waals surface area contributed by atoms with Gasteiger partial charge in [-0.1, -0.05) is 18.6 Å². The molecule has 2 amide bonds. The zero-order valence-electron chi connectivity index (χ0n) is 10.5. The van der Waals surface area contributed by atoms with Crippen LogP contribution in [0.4, 0.5) is 0 Å². The predicted octanol–water partition coefficient (Wildman–Crippen LogP) is 0.226. The molecule has 0 bridgehead atoms. The fourth-order valence-electron chi connectivity index (χ4n) is 2.07. The Balaban J connectivity index is 1.89. The van der Waals surface area contributed by atoms with Crippen molar-refractivity contribution in [2.75, 3.05) is 0 Å². The summed E-state index contributed by atoms with van der Waals surface area (Å²) < 4.78 is 0. The van der Waals surface area contributed by atoms with E-state index in [2.05, 4.69) is 10.6 Å². The summed E-state index contributed by atoms with van der Waals surface area (Å²) in [7, 11) is 0. The topological polar surface area (TPSA) is 84.2 Å². The van der Waals surface area contributed by atoms with Crippen LogP contribution in [-0.2, 0) is 9.59 Å². The van der Waals surface area contributed by atoms with Gasteiger partial charge in [-0.05, 0) is 32.6 Å². The number of amides is 2. The number of hydrogen-bond donors (Lipinski definition) is 3. The van der Waals surface area contributed by atoms with E-state index in [0.717, 1.165) is 19.3 Å². The lowest BCUT2D eigenvalue weighted by Gasteiger charge is -2.39. The van der Waals surface area contributed by atoms with Gasteiger partial charge in [0.25, 0.3) is 0 Å². The molecule has 18 heavy (non-hydrogen) atoms. The summed E-state index contributed by atoms with van der Waals surface area (Å²) in [6.45, 7) is 1.68. The molecule has 0 spiro atoms. The van der Waals surface area contributed by atoms with Crippen molar-refractivity contribution in [2.45, 2.75) is 51.1 Å². The minimum Gasteiger partial charge on any atom is -0.392 e. The summed E-state index contributed by atoms with van der Waals surface area (Å²) in [5, 5.41) is 5.58. The van der Waals surface area contributed by atoms with Crippen molar-refractivity contribution in [3.05, 3.63) is 0 Å². The van der Waals surface area contributed by atoms with Crippen molar-refractivity contribution in [1.82, 2.24) is 10.6 Å². The number of rotatable bonds is 5. The number of hydrogen-bond acceptors (Lipinski definition) is 3. The van der Waals surface area contributed by atoms with Gasteiger partial charge in [0, 0.05) is 6.04 Å². The van der Waals surface area contributed by atoms with Gasteiger partial charge in [-0.2, -0.15) is 0 Å². The van der Waals surface area contributed by atoms with Gasteiger partial charge in [0.15, 0.2) is 0 Å². The molecule has 1 atom stereocenters. The van der Waals surface area contributed by atoms with Crippen molar-refractivity contribution < 1.29 is 9.59 Å². The fraction of sp³-hybridized carbons (Fsp3) is 0.750. The van der Waals surface area contributed by atoms with Crippen LogP contribution in [0, 0.1) is 5.41 Å². The van der Waals surface area contributed by atoms with Gasteiger partial charge in [-0.25, -0.2) is 0 Å². The normalized spacial score (nSPS) is 22.5. The highest BCUT2D eigenvalue weighted by Gasteiger charge is 2.47. The summed E-state index contributed by atoms with van der Waals surface area (Å²) >= 11 is 4.97. The molecule has 2 aliphatic carbocycles. The van der Waals surface area contributed by atoms with E-state index >= 15 is 0 Å². The third kappa shape index (κ3) is 2.48. The van der Waals surface area contributed by atoms with E-state index in [1.54, 1.807) is 6.92 Å². The molecule has 0 aliphatic heterocycles. The first kappa shape index (κ1) is 13.3. The first-order valence-electron chi connectivity index (χ1n) is 6.37. The van der Waals surface area contributed by atoms with Crippen LogP contribution in [0.2, 0.25) is 0 Å². The minimum absolute atomic E-state index is 0.136. The van der Waals surface area contributed by atoms with Crippen LogP contribution in [0.3, 0.4) is 0 Å². The van der Waals surface area contributed by atoms with Crippen LogP contribution in [0.25, 0.3) is 0 Å². The van der Waals surface area contributed by atoms with Gasteiger partial charge in [0.1, 0.15) is 6.04 Å². The van der Waals surface area contributed by atoms with Crippen LogP contribution in [0.5, 0.6) is 0 Å². The van der Waals surface area contributed by atoms with Crippen LogP contribution in [-0.4, -0.2) is 28.9 Å². The third-order valence-electron chi connectivity index (χ3n) is 3.78. The van der Waals surface area contributed by atoms with E-state index < -0.39 is 11.5 Å². The molecule has 2 fully saturated rings. The Morgan fingerprint density at radius 3 is 2.39 bits per heavy atom. The fourth-order valence-corrected chi connectivity index (χ4v) is 2.37. The zero-order chi connectivity index (χ0) is 13.3. The first-order valence-corrected chi connectivity index (χ1v) is 6.78. The van der Waals surface area contributed by atoms with Crippen LogP contribution in [0.1, 0.15) is 39.0 Å². The molecule has 1 unspecified atom stereocenters. The molecule has 0 aromatic rings. The van der Waals surface area contributed by atoms with Crippen molar-refractivity contribution in [3.8, 4) is 0 Å². The van der Waals surface area contributed by atoms with Crippen molar-refractivity contribution >= 4 is 29.0 Å². The predicted molar refractivity (Wildman–Crippen MR) is 71.8 cm³/mol. The third-order valence-corrected chi connectivity index (χ3v) is 4.17. The SMILES string of the molecule is CC(NC(=O)C1(C(N)=S)CCC1)C(=O)NC1CC1. The quantitative estimate of drug-likeness (QED) is 0.624. The molecule has 0 radical (unpaired) electrons. The highest BCUT2D eigenvalue weighted by Crippen LogP contribution is 2.41. The molecule has 2 aliphatic rings. The first-order chi connectivity index (χ1) is 8.45. The van der Waals surface area contributed by atoms with E-state index in [1.165, 1.54) is 0 Å². The van der Waals surface area contributed by atoms with E-state index in [9.17, 15) is 9.59 Å². The Hall–Kier alpha value is -1.17. The maximum absolute atomic E-state index is 12.1. The smallest absolute Gasteiger partial charge is 0.242 e. The highest BCUT2D eigenvalue weighted by molar-refractivity contribution is 7.80. The lowest BCUT2D eigenvalue weighted by molar-refractivity contribution is -0.135. The average Bonchev–Trinajstić information content (AvgIpc) is 2.98. The van der Waals surface area contributed by atoms with Gasteiger partial charge >= 0.3 is 0 Å². The van der Waals surface area contributed by atoms with E-state index in [4.69, 9.17) is 18.0 Å². The molecule has 5 nitrogen and oxygen atoms in total. The van der Waals surface area contributed by atoms with Crippen LogP contribution < -0.4 is 16.4 Å². The van der Waals surface area contributed by atoms with Gasteiger partial charge in [0.2, 0.25) is 11.8 Å². The summed E-state index contributed by atoms with van der Waals surface area (Å²) in [5.74, 6) is -0.344. The largest absolute Gasteiger partial charge is 0.392 e. The number of nitrogens with two attached hydrogens (primary N) is 1. The monoisotopic (exact) mass is 269 g/mol. The number of carbonyl (C=O) groups excluding carboxylic acids is 2. The summed E-state index contributed by atoms with van der Waals surface area (Å²) in [5.41, 5.74) is 4.93. The van der Waals surface area contributed by atoms with Gasteiger partial charge < -0.3 is 16.4 Å². The van der Waals surface area contributed by atoms with E-state index in [-0.39, 0.29) is 16.8 Å². The molecule has 4 N–H and O–H groups in total.